The molecule has 1 amide bonds. The van der Waals surface area contributed by atoms with Crippen LogP contribution >= 0.6 is 0 Å². The molecule has 0 saturated carbocycles. The van der Waals surface area contributed by atoms with Gasteiger partial charge in [-0.25, -0.2) is 4.99 Å². The van der Waals surface area contributed by atoms with Gasteiger partial charge in [-0.2, -0.15) is 0 Å². The van der Waals surface area contributed by atoms with Crippen molar-refractivity contribution in [2.24, 2.45) is 4.99 Å². The molecule has 0 radical (unpaired) electrons. The van der Waals surface area contributed by atoms with E-state index in [1.807, 2.05) is 13.0 Å². The highest BCUT2D eigenvalue weighted by atomic mass is 16.1. The molecule has 1 aliphatic rings. The molecule has 0 unspecified atom stereocenters. The number of hydrogen-bond acceptors (Lipinski definition) is 2. The van der Waals surface area contributed by atoms with Gasteiger partial charge < -0.3 is 0 Å². The average molecular weight is 202 g/mol. The third-order valence-corrected chi connectivity index (χ3v) is 2.54. The van der Waals surface area contributed by atoms with E-state index in [0.717, 1.165) is 36.4 Å². The average Bonchev–Trinajstić information content (AvgIpc) is 2.18. The van der Waals surface area contributed by atoms with Crippen LogP contribution in [-0.2, 0) is 11.2 Å². The first kappa shape index (κ1) is 10.0. The number of amides is 1. The van der Waals surface area contributed by atoms with E-state index in [0.29, 0.717) is 0 Å². The summed E-state index contributed by atoms with van der Waals surface area (Å²) in [5.74, 6) is -0.138. The summed E-state index contributed by atoms with van der Waals surface area (Å²) in [6, 6.07) is 4.10. The normalized spacial score (nSPS) is 17.6. The summed E-state index contributed by atoms with van der Waals surface area (Å²) in [5, 5.41) is 0. The van der Waals surface area contributed by atoms with Gasteiger partial charge in [-0.1, -0.05) is 6.07 Å². The summed E-state index contributed by atoms with van der Waals surface area (Å²) in [6.45, 7) is 3.44. The van der Waals surface area contributed by atoms with Crippen LogP contribution in [0.15, 0.2) is 17.1 Å². The number of carbonyl (C=O) groups is 1. The Bertz CT molecular complexity index is 435. The Morgan fingerprint density at radius 2 is 2.20 bits per heavy atom. The van der Waals surface area contributed by atoms with Crippen molar-refractivity contribution in [2.75, 3.05) is 0 Å². The molecule has 0 spiro atoms. The molecule has 15 heavy (non-hydrogen) atoms. The van der Waals surface area contributed by atoms with Gasteiger partial charge >= 0.3 is 0 Å². The Kier molecular flexibility index (Phi) is 2.62. The monoisotopic (exact) mass is 202 g/mol. The molecule has 0 aromatic carbocycles. The summed E-state index contributed by atoms with van der Waals surface area (Å²) < 4.78 is 0. The molecule has 3 heteroatoms. The first-order valence-electron chi connectivity index (χ1n) is 5.22. The van der Waals surface area contributed by atoms with E-state index < -0.39 is 0 Å². The van der Waals surface area contributed by atoms with Crippen molar-refractivity contribution in [1.82, 2.24) is 4.98 Å². The molecule has 1 aromatic rings. The SMILES string of the molecule is CC(=O)N=C1CCCc2ccc(C)nc21. The minimum absolute atomic E-state index is 0.138. The van der Waals surface area contributed by atoms with Gasteiger partial charge in [0.25, 0.3) is 0 Å². The number of carbonyl (C=O) groups excluding carboxylic acids is 1. The third-order valence-electron chi connectivity index (χ3n) is 2.54. The maximum Gasteiger partial charge on any atom is 0.242 e. The molecule has 0 saturated heterocycles. The number of aryl methyl sites for hydroxylation is 2. The van der Waals surface area contributed by atoms with Crippen molar-refractivity contribution in [3.63, 3.8) is 0 Å². The first-order chi connectivity index (χ1) is 7.16. The quantitative estimate of drug-likeness (QED) is 0.646. The van der Waals surface area contributed by atoms with Crippen molar-refractivity contribution in [3.05, 3.63) is 29.1 Å². The Morgan fingerprint density at radius 1 is 1.40 bits per heavy atom. The molecule has 0 bridgehead atoms. The van der Waals surface area contributed by atoms with E-state index in [-0.39, 0.29) is 5.91 Å². The van der Waals surface area contributed by atoms with Crippen molar-refractivity contribution in [3.8, 4) is 0 Å². The predicted molar refractivity (Wildman–Crippen MR) is 59.1 cm³/mol. The van der Waals surface area contributed by atoms with Gasteiger partial charge in [-0.05, 0) is 37.8 Å². The van der Waals surface area contributed by atoms with E-state index in [1.165, 1.54) is 12.5 Å². The van der Waals surface area contributed by atoms with Gasteiger partial charge in [-0.15, -0.1) is 0 Å². The fourth-order valence-electron chi connectivity index (χ4n) is 1.90. The summed E-state index contributed by atoms with van der Waals surface area (Å²) in [4.78, 5) is 19.5. The van der Waals surface area contributed by atoms with E-state index in [9.17, 15) is 4.79 Å². The first-order valence-corrected chi connectivity index (χ1v) is 5.22. The highest BCUT2D eigenvalue weighted by Gasteiger charge is 2.17. The Balaban J connectivity index is 2.49. The van der Waals surface area contributed by atoms with Gasteiger partial charge in [0.2, 0.25) is 5.91 Å². The van der Waals surface area contributed by atoms with Crippen LogP contribution in [0, 0.1) is 6.92 Å². The number of aliphatic imine (C=N–C) groups is 1. The third kappa shape index (κ3) is 2.12. The molecule has 0 atom stereocenters. The smallest absolute Gasteiger partial charge is 0.242 e. The van der Waals surface area contributed by atoms with Crippen molar-refractivity contribution >= 4 is 11.6 Å². The van der Waals surface area contributed by atoms with E-state index >= 15 is 0 Å². The minimum atomic E-state index is -0.138. The van der Waals surface area contributed by atoms with Crippen LogP contribution in [0.5, 0.6) is 0 Å². The van der Waals surface area contributed by atoms with Crippen molar-refractivity contribution in [1.29, 1.82) is 0 Å². The van der Waals surface area contributed by atoms with Crippen LogP contribution < -0.4 is 0 Å². The standard InChI is InChI=1S/C12H14N2O/c1-8-6-7-10-4-3-5-11(12(10)13-8)14-9(2)15/h6-7H,3-5H2,1-2H3. The Labute approximate surface area is 89.3 Å². The fourth-order valence-corrected chi connectivity index (χ4v) is 1.90. The fraction of sp³-hybridized carbons (Fsp3) is 0.417. The second-order valence-corrected chi connectivity index (χ2v) is 3.89. The number of rotatable bonds is 0. The molecule has 2 rings (SSSR count). The highest BCUT2D eigenvalue weighted by molar-refractivity contribution is 6.06. The molecule has 0 N–H and O–H groups in total. The zero-order valence-corrected chi connectivity index (χ0v) is 9.08. The largest absolute Gasteiger partial charge is 0.273 e. The van der Waals surface area contributed by atoms with E-state index in [4.69, 9.17) is 0 Å². The second-order valence-electron chi connectivity index (χ2n) is 3.89. The zero-order valence-electron chi connectivity index (χ0n) is 9.08. The second kappa shape index (κ2) is 3.93. The van der Waals surface area contributed by atoms with Gasteiger partial charge in [0.1, 0.15) is 0 Å². The molecule has 3 nitrogen and oxygen atoms in total. The lowest BCUT2D eigenvalue weighted by Gasteiger charge is -2.16. The minimum Gasteiger partial charge on any atom is -0.273 e. The lowest BCUT2D eigenvalue weighted by molar-refractivity contribution is -0.115. The Morgan fingerprint density at radius 3 is 2.93 bits per heavy atom. The number of fused-ring (bicyclic) bond motifs is 1. The van der Waals surface area contributed by atoms with Crippen LogP contribution in [0.25, 0.3) is 0 Å². The van der Waals surface area contributed by atoms with Crippen LogP contribution in [-0.4, -0.2) is 16.6 Å². The van der Waals surface area contributed by atoms with Crippen LogP contribution in [0.1, 0.15) is 36.7 Å². The van der Waals surface area contributed by atoms with Crippen LogP contribution in [0.3, 0.4) is 0 Å². The number of pyridine rings is 1. The summed E-state index contributed by atoms with van der Waals surface area (Å²) in [7, 11) is 0. The van der Waals surface area contributed by atoms with Crippen molar-refractivity contribution < 1.29 is 4.79 Å². The van der Waals surface area contributed by atoms with E-state index in [1.54, 1.807) is 0 Å². The number of nitrogens with zero attached hydrogens (tertiary/aromatic N) is 2. The zero-order chi connectivity index (χ0) is 10.8. The maximum absolute atomic E-state index is 11.0. The maximum atomic E-state index is 11.0. The van der Waals surface area contributed by atoms with Crippen LogP contribution in [0.2, 0.25) is 0 Å². The molecule has 0 aliphatic heterocycles. The molecule has 0 fully saturated rings. The summed E-state index contributed by atoms with van der Waals surface area (Å²) in [6.07, 6.45) is 2.96. The highest BCUT2D eigenvalue weighted by Crippen LogP contribution is 2.20. The molecular weight excluding hydrogens is 188 g/mol. The number of aromatic nitrogens is 1. The van der Waals surface area contributed by atoms with Crippen molar-refractivity contribution in [2.45, 2.75) is 33.1 Å². The van der Waals surface area contributed by atoms with Gasteiger partial charge in [0.05, 0.1) is 11.4 Å². The van der Waals surface area contributed by atoms with Gasteiger partial charge in [0, 0.05) is 12.6 Å². The molecule has 1 aliphatic carbocycles. The summed E-state index contributed by atoms with van der Waals surface area (Å²) >= 11 is 0. The molecule has 78 valence electrons. The lowest BCUT2D eigenvalue weighted by Crippen LogP contribution is -2.15. The van der Waals surface area contributed by atoms with Gasteiger partial charge in [-0.3, -0.25) is 9.78 Å². The van der Waals surface area contributed by atoms with Gasteiger partial charge in [0.15, 0.2) is 0 Å². The summed E-state index contributed by atoms with van der Waals surface area (Å²) in [5.41, 5.74) is 3.97. The molecular formula is C12H14N2O. The molecule has 1 aromatic heterocycles. The topological polar surface area (TPSA) is 42.3 Å². The van der Waals surface area contributed by atoms with E-state index in [2.05, 4.69) is 16.0 Å². The number of hydrogen-bond donors (Lipinski definition) is 0. The lowest BCUT2D eigenvalue weighted by atomic mass is 9.94. The van der Waals surface area contributed by atoms with Crippen LogP contribution in [0.4, 0.5) is 0 Å². The molecule has 1 heterocycles. The Hall–Kier alpha value is -1.51. The predicted octanol–water partition coefficient (Wildman–Crippen LogP) is 2.06.